The molecule has 0 bridgehead atoms. The molecule has 0 aliphatic heterocycles. The van der Waals surface area contributed by atoms with E-state index >= 15 is 0 Å². The fourth-order valence-corrected chi connectivity index (χ4v) is 3.71. The minimum atomic E-state index is -0.450. The van der Waals surface area contributed by atoms with E-state index in [9.17, 15) is 18.8 Å². The Bertz CT molecular complexity index is 858. The number of esters is 1. The molecule has 0 radical (unpaired) electrons. The lowest BCUT2D eigenvalue weighted by atomic mass is 10.2. The summed E-state index contributed by atoms with van der Waals surface area (Å²) in [7, 11) is 1.51. The van der Waals surface area contributed by atoms with E-state index in [1.54, 1.807) is 24.0 Å². The maximum atomic E-state index is 13.3. The minimum Gasteiger partial charge on any atom is -0.466 e. The first kappa shape index (κ1) is 25.5. The molecule has 2 rings (SSSR count). The molecule has 0 spiro atoms. The van der Waals surface area contributed by atoms with Crippen LogP contribution in [0.1, 0.15) is 30.2 Å². The molecule has 0 fully saturated rings. The first-order valence-corrected chi connectivity index (χ1v) is 11.3. The predicted molar refractivity (Wildman–Crippen MR) is 119 cm³/mol. The van der Waals surface area contributed by atoms with Crippen LogP contribution in [0.5, 0.6) is 0 Å². The summed E-state index contributed by atoms with van der Waals surface area (Å²) in [6.45, 7) is 2.97. The molecule has 7 nitrogen and oxygen atoms in total. The van der Waals surface area contributed by atoms with Gasteiger partial charge in [-0.1, -0.05) is 18.2 Å². The van der Waals surface area contributed by atoms with Gasteiger partial charge in [0.1, 0.15) is 5.82 Å². The molecule has 1 heterocycles. The second-order valence-corrected chi connectivity index (χ2v) is 8.10. The van der Waals surface area contributed by atoms with Crippen molar-refractivity contribution in [3.63, 3.8) is 0 Å². The van der Waals surface area contributed by atoms with E-state index in [1.807, 2.05) is 17.5 Å². The molecule has 0 aliphatic rings. The molecule has 0 N–H and O–H groups in total. The summed E-state index contributed by atoms with van der Waals surface area (Å²) < 4.78 is 23.2. The summed E-state index contributed by atoms with van der Waals surface area (Å²) in [5.74, 6) is -1.36. The minimum absolute atomic E-state index is 0.0428. The number of hydrogen-bond acceptors (Lipinski definition) is 6. The molecule has 0 aliphatic carbocycles. The molecule has 0 atom stereocenters. The number of methoxy groups -OCH3 is 1. The lowest BCUT2D eigenvalue weighted by Crippen LogP contribution is -2.43. The Morgan fingerprint density at radius 3 is 2.38 bits per heavy atom. The predicted octanol–water partition coefficient (Wildman–Crippen LogP) is 3.23. The van der Waals surface area contributed by atoms with Crippen LogP contribution in [-0.2, 0) is 36.9 Å². The average Bonchev–Trinajstić information content (AvgIpc) is 3.29. The van der Waals surface area contributed by atoms with E-state index in [2.05, 4.69) is 0 Å². The first-order valence-electron chi connectivity index (χ1n) is 10.4. The van der Waals surface area contributed by atoms with Gasteiger partial charge in [0.25, 0.3) is 0 Å². The smallest absolute Gasteiger partial charge is 0.306 e. The van der Waals surface area contributed by atoms with E-state index < -0.39 is 5.97 Å². The number of carbonyl (C=O) groups is 3. The molecule has 2 amide bonds. The Labute approximate surface area is 191 Å². The number of hydrogen-bond donors (Lipinski definition) is 0. The van der Waals surface area contributed by atoms with Gasteiger partial charge in [-0.05, 0) is 36.1 Å². The van der Waals surface area contributed by atoms with Gasteiger partial charge in [0.05, 0.1) is 32.7 Å². The third-order valence-electron chi connectivity index (χ3n) is 4.66. The van der Waals surface area contributed by atoms with Crippen molar-refractivity contribution in [1.29, 1.82) is 0 Å². The maximum Gasteiger partial charge on any atom is 0.306 e. The molecular weight excluding hydrogens is 435 g/mol. The van der Waals surface area contributed by atoms with Gasteiger partial charge in [0.15, 0.2) is 0 Å². The van der Waals surface area contributed by atoms with Crippen LogP contribution in [-0.4, -0.2) is 61.0 Å². The van der Waals surface area contributed by atoms with Crippen LogP contribution in [0.4, 0.5) is 4.39 Å². The number of thiophene rings is 1. The number of nitrogens with zero attached hydrogens (tertiary/aromatic N) is 2. The van der Waals surface area contributed by atoms with Crippen LogP contribution in [0.3, 0.4) is 0 Å². The van der Waals surface area contributed by atoms with Crippen LogP contribution < -0.4 is 0 Å². The van der Waals surface area contributed by atoms with Gasteiger partial charge in [0.2, 0.25) is 11.8 Å². The lowest BCUT2D eigenvalue weighted by Gasteiger charge is -2.27. The number of benzene rings is 1. The Kier molecular flexibility index (Phi) is 10.8. The molecule has 32 heavy (non-hydrogen) atoms. The fraction of sp³-hybridized carbons (Fsp3) is 0.435. The Hall–Kier alpha value is -2.78. The zero-order valence-corrected chi connectivity index (χ0v) is 19.2. The summed E-state index contributed by atoms with van der Waals surface area (Å²) in [4.78, 5) is 41.5. The zero-order chi connectivity index (χ0) is 23.3. The number of halogens is 1. The fourth-order valence-electron chi connectivity index (χ4n) is 2.99. The van der Waals surface area contributed by atoms with Crippen molar-refractivity contribution in [2.45, 2.75) is 32.9 Å². The SMILES string of the molecule is CCOC(=O)CCC(=O)N(CCOC)CC(=O)N(Cc1ccc(F)cc1)Cc1cccs1. The second kappa shape index (κ2) is 13.6. The monoisotopic (exact) mass is 464 g/mol. The highest BCUT2D eigenvalue weighted by Crippen LogP contribution is 2.16. The number of rotatable bonds is 13. The van der Waals surface area contributed by atoms with Crippen LogP contribution in [0.2, 0.25) is 0 Å². The summed E-state index contributed by atoms with van der Waals surface area (Å²) in [5, 5.41) is 1.93. The molecule has 1 aromatic heterocycles. The van der Waals surface area contributed by atoms with E-state index in [-0.39, 0.29) is 63.3 Å². The van der Waals surface area contributed by atoms with E-state index in [0.29, 0.717) is 6.54 Å². The van der Waals surface area contributed by atoms with Crippen molar-refractivity contribution < 1.29 is 28.2 Å². The van der Waals surface area contributed by atoms with Crippen LogP contribution in [0.15, 0.2) is 41.8 Å². The topological polar surface area (TPSA) is 76.1 Å². The maximum absolute atomic E-state index is 13.3. The Morgan fingerprint density at radius 2 is 1.75 bits per heavy atom. The molecular formula is C23H29FN2O5S. The third kappa shape index (κ3) is 8.76. The van der Waals surface area contributed by atoms with E-state index in [4.69, 9.17) is 9.47 Å². The van der Waals surface area contributed by atoms with Gasteiger partial charge in [-0.15, -0.1) is 11.3 Å². The molecule has 0 saturated carbocycles. The molecule has 2 aromatic rings. The Morgan fingerprint density at radius 1 is 1.00 bits per heavy atom. The molecule has 0 unspecified atom stereocenters. The quantitative estimate of drug-likeness (QED) is 0.426. The van der Waals surface area contributed by atoms with Gasteiger partial charge >= 0.3 is 5.97 Å². The van der Waals surface area contributed by atoms with Crippen LogP contribution in [0.25, 0.3) is 0 Å². The largest absolute Gasteiger partial charge is 0.466 e. The van der Waals surface area contributed by atoms with E-state index in [0.717, 1.165) is 10.4 Å². The third-order valence-corrected chi connectivity index (χ3v) is 5.52. The molecule has 9 heteroatoms. The van der Waals surface area contributed by atoms with Crippen molar-refractivity contribution in [3.8, 4) is 0 Å². The average molecular weight is 465 g/mol. The van der Waals surface area contributed by atoms with Gasteiger partial charge in [-0.3, -0.25) is 14.4 Å². The normalized spacial score (nSPS) is 10.6. The van der Waals surface area contributed by atoms with Crippen molar-refractivity contribution in [2.75, 3.05) is 33.4 Å². The summed E-state index contributed by atoms with van der Waals surface area (Å²) in [6.07, 6.45) is -0.0858. The summed E-state index contributed by atoms with van der Waals surface area (Å²) in [6, 6.07) is 9.82. The van der Waals surface area contributed by atoms with Crippen LogP contribution in [0, 0.1) is 5.82 Å². The highest BCUT2D eigenvalue weighted by atomic mass is 32.1. The summed E-state index contributed by atoms with van der Waals surface area (Å²) >= 11 is 1.53. The van der Waals surface area contributed by atoms with Crippen molar-refractivity contribution in [3.05, 3.63) is 58.0 Å². The van der Waals surface area contributed by atoms with Crippen LogP contribution >= 0.6 is 11.3 Å². The van der Waals surface area contributed by atoms with Crippen molar-refractivity contribution >= 4 is 29.1 Å². The number of ether oxygens (including phenoxy) is 2. The van der Waals surface area contributed by atoms with Gasteiger partial charge in [-0.2, -0.15) is 0 Å². The zero-order valence-electron chi connectivity index (χ0n) is 18.4. The lowest BCUT2D eigenvalue weighted by molar-refractivity contribution is -0.146. The van der Waals surface area contributed by atoms with Gasteiger partial charge < -0.3 is 19.3 Å². The van der Waals surface area contributed by atoms with Gasteiger partial charge in [0, 0.05) is 31.5 Å². The standard InChI is InChI=1S/C23H29FN2O5S/c1-3-31-23(29)11-10-21(27)25(12-13-30-2)17-22(28)26(16-20-5-4-14-32-20)15-18-6-8-19(24)9-7-18/h4-9,14H,3,10-13,15-17H2,1-2H3. The highest BCUT2D eigenvalue weighted by Gasteiger charge is 2.22. The van der Waals surface area contributed by atoms with E-state index in [1.165, 1.54) is 35.5 Å². The van der Waals surface area contributed by atoms with Crippen molar-refractivity contribution in [1.82, 2.24) is 9.80 Å². The second-order valence-electron chi connectivity index (χ2n) is 7.07. The van der Waals surface area contributed by atoms with Crippen molar-refractivity contribution in [2.24, 2.45) is 0 Å². The molecule has 174 valence electrons. The summed E-state index contributed by atoms with van der Waals surface area (Å²) in [5.41, 5.74) is 0.786. The molecule has 0 saturated heterocycles. The Balaban J connectivity index is 2.09. The molecule has 1 aromatic carbocycles. The number of carbonyl (C=O) groups excluding carboxylic acids is 3. The number of amides is 2. The van der Waals surface area contributed by atoms with Gasteiger partial charge in [-0.25, -0.2) is 4.39 Å². The first-order chi connectivity index (χ1) is 15.4. The highest BCUT2D eigenvalue weighted by molar-refractivity contribution is 7.09.